The van der Waals surface area contributed by atoms with Crippen LogP contribution in [0.1, 0.15) is 43.6 Å². The highest BCUT2D eigenvalue weighted by Gasteiger charge is 2.38. The molecule has 1 saturated heterocycles. The number of hydrogen-bond donors (Lipinski definition) is 1. The summed E-state index contributed by atoms with van der Waals surface area (Å²) < 4.78 is 0. The number of thiophene rings is 1. The fourth-order valence-corrected chi connectivity index (χ4v) is 3.60. The van der Waals surface area contributed by atoms with Crippen LogP contribution < -0.4 is 5.32 Å². The van der Waals surface area contributed by atoms with Crippen molar-refractivity contribution in [2.45, 2.75) is 44.8 Å². The summed E-state index contributed by atoms with van der Waals surface area (Å²) in [6, 6.07) is 4.18. The first-order chi connectivity index (χ1) is 10.1. The Hall–Kier alpha value is -0.910. The van der Waals surface area contributed by atoms with Gasteiger partial charge in [-0.15, -0.1) is 11.3 Å². The Labute approximate surface area is 132 Å². The minimum absolute atomic E-state index is 0.00375. The fraction of sp³-hybridized carbons (Fsp3) is 0.688. The van der Waals surface area contributed by atoms with E-state index in [0.717, 1.165) is 38.8 Å². The maximum absolute atomic E-state index is 12.6. The lowest BCUT2D eigenvalue weighted by Crippen LogP contribution is -2.32. The summed E-state index contributed by atoms with van der Waals surface area (Å²) in [5.41, 5.74) is 0. The first-order valence-electron chi connectivity index (χ1n) is 7.88. The highest BCUT2D eigenvalue weighted by Crippen LogP contribution is 2.30. The Morgan fingerprint density at radius 3 is 2.81 bits per heavy atom. The molecule has 1 aliphatic heterocycles. The summed E-state index contributed by atoms with van der Waals surface area (Å²) in [6.45, 7) is 4.06. The van der Waals surface area contributed by atoms with E-state index in [1.54, 1.807) is 11.3 Å². The first kappa shape index (κ1) is 16.5. The van der Waals surface area contributed by atoms with E-state index >= 15 is 0 Å². The van der Waals surface area contributed by atoms with Gasteiger partial charge in [-0.2, -0.15) is 0 Å². The third-order valence-corrected chi connectivity index (χ3v) is 4.82. The molecule has 118 valence electrons. The van der Waals surface area contributed by atoms with Crippen LogP contribution in [0.5, 0.6) is 0 Å². The molecule has 1 aliphatic rings. The predicted molar refractivity (Wildman–Crippen MR) is 88.4 cm³/mol. The van der Waals surface area contributed by atoms with Gasteiger partial charge in [0.1, 0.15) is 6.17 Å². The van der Waals surface area contributed by atoms with Crippen molar-refractivity contribution in [3.05, 3.63) is 22.4 Å². The topological polar surface area (TPSA) is 35.6 Å². The molecule has 2 unspecified atom stereocenters. The predicted octanol–water partition coefficient (Wildman–Crippen LogP) is 2.69. The highest BCUT2D eigenvalue weighted by atomic mass is 32.1. The molecule has 2 heterocycles. The number of rotatable bonds is 8. The van der Waals surface area contributed by atoms with E-state index in [2.05, 4.69) is 48.7 Å². The van der Waals surface area contributed by atoms with Gasteiger partial charge < -0.3 is 9.80 Å². The van der Waals surface area contributed by atoms with E-state index in [4.69, 9.17) is 0 Å². The van der Waals surface area contributed by atoms with E-state index in [0.29, 0.717) is 0 Å². The first-order valence-corrected chi connectivity index (χ1v) is 8.76. The van der Waals surface area contributed by atoms with Crippen LogP contribution in [0.2, 0.25) is 0 Å². The molecule has 1 N–H and O–H groups in total. The van der Waals surface area contributed by atoms with Gasteiger partial charge >= 0.3 is 0 Å². The van der Waals surface area contributed by atoms with Crippen molar-refractivity contribution in [1.82, 2.24) is 15.1 Å². The van der Waals surface area contributed by atoms with Crippen LogP contribution in [-0.4, -0.2) is 48.9 Å². The number of nitrogens with zero attached hydrogens (tertiary/aromatic N) is 2. The van der Waals surface area contributed by atoms with Gasteiger partial charge in [0.2, 0.25) is 5.91 Å². The van der Waals surface area contributed by atoms with Crippen LogP contribution >= 0.6 is 11.3 Å². The summed E-state index contributed by atoms with van der Waals surface area (Å²) in [6.07, 6.45) is 4.23. The summed E-state index contributed by atoms with van der Waals surface area (Å²) in [7, 11) is 4.18. The summed E-state index contributed by atoms with van der Waals surface area (Å²) >= 11 is 1.73. The zero-order valence-electron chi connectivity index (χ0n) is 13.3. The second kappa shape index (κ2) is 7.92. The van der Waals surface area contributed by atoms with Crippen molar-refractivity contribution < 1.29 is 4.79 Å². The molecule has 0 aromatic carbocycles. The van der Waals surface area contributed by atoms with Crippen LogP contribution in [0, 0.1) is 0 Å². The number of amides is 1. The van der Waals surface area contributed by atoms with E-state index < -0.39 is 0 Å². The second-order valence-corrected chi connectivity index (χ2v) is 6.95. The standard InChI is InChI=1S/C16H27N3OS/c1-4-8-13-16(20)19(11-6-5-10-18(2)3)15(17-13)14-9-7-12-21-14/h7,9,12-13,15,17H,4-6,8,10-11H2,1-3H3. The molecule has 1 amide bonds. The number of carbonyl (C=O) groups is 1. The second-order valence-electron chi connectivity index (χ2n) is 5.97. The van der Waals surface area contributed by atoms with Crippen molar-refractivity contribution in [2.75, 3.05) is 27.2 Å². The molecule has 4 nitrogen and oxygen atoms in total. The van der Waals surface area contributed by atoms with Gasteiger partial charge in [-0.05, 0) is 51.3 Å². The highest BCUT2D eigenvalue weighted by molar-refractivity contribution is 7.10. The Morgan fingerprint density at radius 2 is 2.19 bits per heavy atom. The van der Waals surface area contributed by atoms with Gasteiger partial charge in [0.05, 0.1) is 6.04 Å². The van der Waals surface area contributed by atoms with Crippen molar-refractivity contribution in [3.63, 3.8) is 0 Å². The lowest BCUT2D eigenvalue weighted by atomic mass is 10.1. The van der Waals surface area contributed by atoms with Gasteiger partial charge in [-0.1, -0.05) is 19.4 Å². The Kier molecular flexibility index (Phi) is 6.21. The van der Waals surface area contributed by atoms with Crippen molar-refractivity contribution in [3.8, 4) is 0 Å². The van der Waals surface area contributed by atoms with Gasteiger partial charge in [0.15, 0.2) is 0 Å². The molecule has 5 heteroatoms. The Bertz CT molecular complexity index is 433. The molecule has 2 atom stereocenters. The third-order valence-electron chi connectivity index (χ3n) is 3.90. The number of unbranched alkanes of at least 4 members (excludes halogenated alkanes) is 1. The van der Waals surface area contributed by atoms with Gasteiger partial charge in [-0.3, -0.25) is 10.1 Å². The van der Waals surface area contributed by atoms with Crippen LogP contribution in [0.15, 0.2) is 17.5 Å². The molecule has 2 rings (SSSR count). The average Bonchev–Trinajstić information content (AvgIpc) is 3.05. The monoisotopic (exact) mass is 309 g/mol. The molecular formula is C16H27N3OS. The van der Waals surface area contributed by atoms with Crippen LogP contribution in [-0.2, 0) is 4.79 Å². The summed E-state index contributed by atoms with van der Waals surface area (Å²) in [5, 5.41) is 5.60. The molecule has 0 radical (unpaired) electrons. The maximum atomic E-state index is 12.6. The van der Waals surface area contributed by atoms with Gasteiger partial charge in [-0.25, -0.2) is 0 Å². The van der Waals surface area contributed by atoms with E-state index in [1.165, 1.54) is 4.88 Å². The van der Waals surface area contributed by atoms with Crippen molar-refractivity contribution >= 4 is 17.2 Å². The number of nitrogens with one attached hydrogen (secondary N) is 1. The fourth-order valence-electron chi connectivity index (χ4n) is 2.81. The van der Waals surface area contributed by atoms with E-state index in [-0.39, 0.29) is 18.1 Å². The maximum Gasteiger partial charge on any atom is 0.241 e. The van der Waals surface area contributed by atoms with E-state index in [9.17, 15) is 4.79 Å². The quantitative estimate of drug-likeness (QED) is 0.750. The molecule has 1 fully saturated rings. The van der Waals surface area contributed by atoms with Crippen molar-refractivity contribution in [1.29, 1.82) is 0 Å². The zero-order chi connectivity index (χ0) is 15.2. The normalized spacial score (nSPS) is 22.5. The van der Waals surface area contributed by atoms with Gasteiger partial charge in [0.25, 0.3) is 0 Å². The summed E-state index contributed by atoms with van der Waals surface area (Å²) in [4.78, 5) is 18.1. The summed E-state index contributed by atoms with van der Waals surface area (Å²) in [5.74, 6) is 0.278. The minimum Gasteiger partial charge on any atom is -0.321 e. The SMILES string of the molecule is CCCC1NC(c2cccs2)N(CCCCN(C)C)C1=O. The molecule has 1 aromatic rings. The lowest BCUT2D eigenvalue weighted by molar-refractivity contribution is -0.130. The zero-order valence-corrected chi connectivity index (χ0v) is 14.2. The average molecular weight is 309 g/mol. The third kappa shape index (κ3) is 4.28. The molecular weight excluding hydrogens is 282 g/mol. The van der Waals surface area contributed by atoms with Crippen LogP contribution in [0.3, 0.4) is 0 Å². The molecule has 1 aromatic heterocycles. The van der Waals surface area contributed by atoms with Crippen LogP contribution in [0.4, 0.5) is 0 Å². The largest absolute Gasteiger partial charge is 0.321 e. The van der Waals surface area contributed by atoms with Crippen molar-refractivity contribution in [2.24, 2.45) is 0 Å². The number of hydrogen-bond acceptors (Lipinski definition) is 4. The lowest BCUT2D eigenvalue weighted by Gasteiger charge is -2.23. The van der Waals surface area contributed by atoms with Crippen LogP contribution in [0.25, 0.3) is 0 Å². The molecule has 0 spiro atoms. The minimum atomic E-state index is -0.00375. The Morgan fingerprint density at radius 1 is 1.38 bits per heavy atom. The molecule has 21 heavy (non-hydrogen) atoms. The molecule has 0 bridgehead atoms. The smallest absolute Gasteiger partial charge is 0.241 e. The van der Waals surface area contributed by atoms with Gasteiger partial charge in [0, 0.05) is 11.4 Å². The molecule has 0 aliphatic carbocycles. The number of carbonyl (C=O) groups excluding carboxylic acids is 1. The Balaban J connectivity index is 1.98. The van der Waals surface area contributed by atoms with E-state index in [1.807, 2.05) is 4.90 Å². The molecule has 0 saturated carbocycles.